The van der Waals surface area contributed by atoms with Gasteiger partial charge in [0.15, 0.2) is 0 Å². The molecule has 0 saturated carbocycles. The second-order valence-electron chi connectivity index (χ2n) is 6.16. The van der Waals surface area contributed by atoms with Crippen LogP contribution in [0, 0.1) is 5.82 Å². The highest BCUT2D eigenvalue weighted by atomic mass is 32.1. The molecule has 2 heterocycles. The van der Waals surface area contributed by atoms with Gasteiger partial charge in [0.1, 0.15) is 5.82 Å². The Labute approximate surface area is 160 Å². The van der Waals surface area contributed by atoms with E-state index in [2.05, 4.69) is 37.4 Å². The summed E-state index contributed by atoms with van der Waals surface area (Å²) in [6.07, 6.45) is 0. The first kappa shape index (κ1) is 17.4. The van der Waals surface area contributed by atoms with Crippen molar-refractivity contribution in [2.24, 2.45) is 0 Å². The molecule has 0 bridgehead atoms. The predicted octanol–water partition coefficient (Wildman–Crippen LogP) is 3.26. The second kappa shape index (κ2) is 7.71. The van der Waals surface area contributed by atoms with Crippen LogP contribution in [0.1, 0.15) is 10.4 Å². The Balaban J connectivity index is 1.36. The number of para-hydroxylation sites is 1. The molecule has 8 heteroatoms. The molecule has 138 valence electrons. The van der Waals surface area contributed by atoms with Crippen LogP contribution < -0.4 is 15.1 Å². The van der Waals surface area contributed by atoms with E-state index < -0.39 is 0 Å². The van der Waals surface area contributed by atoms with Gasteiger partial charge in [-0.2, -0.15) is 0 Å². The van der Waals surface area contributed by atoms with E-state index in [1.165, 1.54) is 41.3 Å². The van der Waals surface area contributed by atoms with Crippen LogP contribution in [-0.4, -0.2) is 42.3 Å². The summed E-state index contributed by atoms with van der Waals surface area (Å²) >= 11 is 1.34. The van der Waals surface area contributed by atoms with Crippen molar-refractivity contribution in [2.45, 2.75) is 0 Å². The summed E-state index contributed by atoms with van der Waals surface area (Å²) in [5.74, 6) is -0.703. The summed E-state index contributed by atoms with van der Waals surface area (Å²) < 4.78 is 13.0. The van der Waals surface area contributed by atoms with E-state index in [0.29, 0.717) is 10.7 Å². The van der Waals surface area contributed by atoms with E-state index in [1.807, 2.05) is 18.2 Å². The fraction of sp³-hybridized carbons (Fsp3) is 0.211. The lowest BCUT2D eigenvalue weighted by atomic mass is 10.2. The third-order valence-electron chi connectivity index (χ3n) is 4.41. The number of nitrogens with one attached hydrogen (secondary N) is 1. The van der Waals surface area contributed by atoms with E-state index in [0.717, 1.165) is 31.3 Å². The van der Waals surface area contributed by atoms with Crippen LogP contribution in [0.3, 0.4) is 0 Å². The SMILES string of the molecule is O=C(Nc1nnc(N2CCN(c3ccccc3)CC2)s1)c1ccc(F)cc1. The lowest BCUT2D eigenvalue weighted by molar-refractivity contribution is 0.102. The minimum atomic E-state index is -0.376. The highest BCUT2D eigenvalue weighted by Gasteiger charge is 2.21. The Bertz CT molecular complexity index is 907. The van der Waals surface area contributed by atoms with Crippen molar-refractivity contribution in [1.29, 1.82) is 0 Å². The molecule has 2 aromatic carbocycles. The molecule has 1 aliphatic heterocycles. The highest BCUT2D eigenvalue weighted by Crippen LogP contribution is 2.26. The Morgan fingerprint density at radius 3 is 2.30 bits per heavy atom. The van der Waals surface area contributed by atoms with Gasteiger partial charge in [-0.25, -0.2) is 4.39 Å². The summed E-state index contributed by atoms with van der Waals surface area (Å²) in [7, 11) is 0. The van der Waals surface area contributed by atoms with Gasteiger partial charge in [-0.15, -0.1) is 10.2 Å². The number of rotatable bonds is 4. The molecular formula is C19H18FN5OS. The van der Waals surface area contributed by atoms with E-state index in [-0.39, 0.29) is 11.7 Å². The highest BCUT2D eigenvalue weighted by molar-refractivity contribution is 7.19. The van der Waals surface area contributed by atoms with Gasteiger partial charge in [-0.05, 0) is 36.4 Å². The number of aromatic nitrogens is 2. The number of benzene rings is 2. The monoisotopic (exact) mass is 383 g/mol. The third kappa shape index (κ3) is 4.06. The zero-order valence-electron chi connectivity index (χ0n) is 14.5. The molecule has 0 atom stereocenters. The summed E-state index contributed by atoms with van der Waals surface area (Å²) in [4.78, 5) is 16.7. The maximum Gasteiger partial charge on any atom is 0.257 e. The topological polar surface area (TPSA) is 61.4 Å². The Morgan fingerprint density at radius 1 is 0.926 bits per heavy atom. The number of piperazine rings is 1. The number of nitrogens with zero attached hydrogens (tertiary/aromatic N) is 4. The van der Waals surface area contributed by atoms with E-state index in [4.69, 9.17) is 0 Å². The number of amides is 1. The molecule has 0 spiro atoms. The lowest BCUT2D eigenvalue weighted by Crippen LogP contribution is -2.46. The average molecular weight is 383 g/mol. The fourth-order valence-corrected chi connectivity index (χ4v) is 3.75. The van der Waals surface area contributed by atoms with Gasteiger partial charge in [-0.1, -0.05) is 29.5 Å². The van der Waals surface area contributed by atoms with Crippen LogP contribution in [0.15, 0.2) is 54.6 Å². The van der Waals surface area contributed by atoms with Gasteiger partial charge in [0.25, 0.3) is 5.91 Å². The van der Waals surface area contributed by atoms with Crippen molar-refractivity contribution in [1.82, 2.24) is 10.2 Å². The minimum Gasteiger partial charge on any atom is -0.368 e. The van der Waals surface area contributed by atoms with Crippen molar-refractivity contribution in [2.75, 3.05) is 41.3 Å². The zero-order chi connectivity index (χ0) is 18.6. The number of anilines is 3. The van der Waals surface area contributed by atoms with Gasteiger partial charge < -0.3 is 9.80 Å². The van der Waals surface area contributed by atoms with Gasteiger partial charge >= 0.3 is 0 Å². The first-order chi connectivity index (χ1) is 13.2. The van der Waals surface area contributed by atoms with Crippen molar-refractivity contribution < 1.29 is 9.18 Å². The molecule has 3 aromatic rings. The van der Waals surface area contributed by atoms with E-state index in [1.54, 1.807) is 0 Å². The summed E-state index contributed by atoms with van der Waals surface area (Å²) in [5, 5.41) is 12.2. The lowest BCUT2D eigenvalue weighted by Gasteiger charge is -2.35. The number of hydrogen-bond acceptors (Lipinski definition) is 6. The van der Waals surface area contributed by atoms with Gasteiger partial charge in [0.2, 0.25) is 10.3 Å². The molecular weight excluding hydrogens is 365 g/mol. The molecule has 4 rings (SSSR count). The molecule has 1 N–H and O–H groups in total. The number of halogens is 1. The average Bonchev–Trinajstić information content (AvgIpc) is 3.18. The molecule has 1 amide bonds. The minimum absolute atomic E-state index is 0.327. The van der Waals surface area contributed by atoms with E-state index >= 15 is 0 Å². The van der Waals surface area contributed by atoms with Crippen LogP contribution in [0.5, 0.6) is 0 Å². The summed E-state index contributed by atoms with van der Waals surface area (Å²) in [5.41, 5.74) is 1.60. The molecule has 0 radical (unpaired) electrons. The number of hydrogen-bond donors (Lipinski definition) is 1. The van der Waals surface area contributed by atoms with Crippen molar-refractivity contribution in [3.63, 3.8) is 0 Å². The van der Waals surface area contributed by atoms with Gasteiger partial charge in [0, 0.05) is 37.4 Å². The van der Waals surface area contributed by atoms with Crippen LogP contribution >= 0.6 is 11.3 Å². The molecule has 6 nitrogen and oxygen atoms in total. The molecule has 27 heavy (non-hydrogen) atoms. The van der Waals surface area contributed by atoms with Crippen LogP contribution in [-0.2, 0) is 0 Å². The molecule has 1 fully saturated rings. The van der Waals surface area contributed by atoms with Crippen LogP contribution in [0.4, 0.5) is 20.3 Å². The summed E-state index contributed by atoms with van der Waals surface area (Å²) in [6, 6.07) is 15.7. The number of carbonyl (C=O) groups excluding carboxylic acids is 1. The molecule has 1 saturated heterocycles. The third-order valence-corrected chi connectivity index (χ3v) is 5.31. The van der Waals surface area contributed by atoms with Crippen molar-refractivity contribution in [3.8, 4) is 0 Å². The maximum absolute atomic E-state index is 13.0. The standard InChI is InChI=1S/C19H18FN5OS/c20-15-8-6-14(7-9-15)17(26)21-18-22-23-19(27-18)25-12-10-24(11-13-25)16-4-2-1-3-5-16/h1-9H,10-13H2,(H,21,22,26). The maximum atomic E-state index is 13.0. The Morgan fingerprint density at radius 2 is 1.59 bits per heavy atom. The van der Waals surface area contributed by atoms with Crippen molar-refractivity contribution in [3.05, 3.63) is 66.0 Å². The second-order valence-corrected chi connectivity index (χ2v) is 7.12. The Hall–Kier alpha value is -3.00. The molecule has 1 aliphatic rings. The normalized spacial score (nSPS) is 14.3. The zero-order valence-corrected chi connectivity index (χ0v) is 15.3. The van der Waals surface area contributed by atoms with Crippen molar-refractivity contribution >= 4 is 33.2 Å². The molecule has 0 unspecified atom stereocenters. The van der Waals surface area contributed by atoms with Crippen LogP contribution in [0.2, 0.25) is 0 Å². The smallest absolute Gasteiger partial charge is 0.257 e. The van der Waals surface area contributed by atoms with E-state index in [9.17, 15) is 9.18 Å². The van der Waals surface area contributed by atoms with Gasteiger partial charge in [-0.3, -0.25) is 10.1 Å². The first-order valence-electron chi connectivity index (χ1n) is 8.64. The largest absolute Gasteiger partial charge is 0.368 e. The molecule has 1 aromatic heterocycles. The Kier molecular flexibility index (Phi) is 4.97. The molecule has 0 aliphatic carbocycles. The fourth-order valence-electron chi connectivity index (χ4n) is 2.96. The first-order valence-corrected chi connectivity index (χ1v) is 9.46. The number of carbonyl (C=O) groups is 1. The van der Waals surface area contributed by atoms with Crippen LogP contribution in [0.25, 0.3) is 0 Å². The quantitative estimate of drug-likeness (QED) is 0.749. The summed E-state index contributed by atoms with van der Waals surface area (Å²) in [6.45, 7) is 3.49. The van der Waals surface area contributed by atoms with Gasteiger partial charge in [0.05, 0.1) is 0 Å². The predicted molar refractivity (Wildman–Crippen MR) is 105 cm³/mol.